The van der Waals surface area contributed by atoms with Gasteiger partial charge < -0.3 is 10.2 Å². The van der Waals surface area contributed by atoms with Crippen molar-refractivity contribution in [1.29, 1.82) is 0 Å². The van der Waals surface area contributed by atoms with Crippen molar-refractivity contribution in [2.45, 2.75) is 5.06 Å². The molecule has 3 nitrogen and oxygen atoms in total. The van der Waals surface area contributed by atoms with Gasteiger partial charge in [0.1, 0.15) is 0 Å². The minimum Gasteiger partial charge on any atom is -0.478 e. The van der Waals surface area contributed by atoms with E-state index in [2.05, 4.69) is 0 Å². The maximum absolute atomic E-state index is 11.2. The van der Waals surface area contributed by atoms with Crippen molar-refractivity contribution < 1.29 is 15.0 Å². The van der Waals surface area contributed by atoms with Gasteiger partial charge in [-0.25, -0.2) is 4.79 Å². The number of carboxylic acids is 1. The first-order valence-corrected chi connectivity index (χ1v) is 5.79. The topological polar surface area (TPSA) is 57.5 Å². The minimum atomic E-state index is -1.78. The number of fused-ring (bicyclic) bond motifs is 3. The van der Waals surface area contributed by atoms with Crippen molar-refractivity contribution in [2.24, 2.45) is 0 Å². The summed E-state index contributed by atoms with van der Waals surface area (Å²) >= 11 is 6.17. The molecule has 1 unspecified atom stereocenters. The fourth-order valence-corrected chi connectivity index (χ4v) is 2.82. The van der Waals surface area contributed by atoms with Gasteiger partial charge >= 0.3 is 5.97 Å². The number of hydrogen-bond acceptors (Lipinski definition) is 2. The highest BCUT2D eigenvalue weighted by atomic mass is 35.5. The zero-order valence-corrected chi connectivity index (χ0v) is 9.98. The number of aromatic carboxylic acids is 1. The van der Waals surface area contributed by atoms with Crippen LogP contribution in [-0.4, -0.2) is 16.2 Å². The van der Waals surface area contributed by atoms with Crippen LogP contribution in [0.4, 0.5) is 0 Å². The number of carboxylic acid groups (broad SMARTS) is 1. The second-order valence-corrected chi connectivity index (χ2v) is 4.75. The molecule has 18 heavy (non-hydrogen) atoms. The molecule has 0 fully saturated rings. The summed E-state index contributed by atoms with van der Waals surface area (Å²) in [4.78, 5) is 11.2. The van der Waals surface area contributed by atoms with E-state index in [1.165, 1.54) is 6.07 Å². The third-order valence-electron chi connectivity index (χ3n) is 3.20. The van der Waals surface area contributed by atoms with Gasteiger partial charge in [-0.3, -0.25) is 0 Å². The van der Waals surface area contributed by atoms with E-state index in [-0.39, 0.29) is 11.1 Å². The number of aliphatic hydroxyl groups is 1. The van der Waals surface area contributed by atoms with Gasteiger partial charge in [0.2, 0.25) is 0 Å². The Hall–Kier alpha value is -1.84. The Bertz CT molecular complexity index is 662. The molecule has 2 N–H and O–H groups in total. The molecule has 4 heteroatoms. The molecule has 0 saturated carbocycles. The van der Waals surface area contributed by atoms with Crippen LogP contribution in [0, 0.1) is 0 Å². The summed E-state index contributed by atoms with van der Waals surface area (Å²) < 4.78 is 0. The van der Waals surface area contributed by atoms with Crippen LogP contribution < -0.4 is 0 Å². The summed E-state index contributed by atoms with van der Waals surface area (Å²) in [5.41, 5.74) is 2.24. The van der Waals surface area contributed by atoms with Crippen LogP contribution in [0.25, 0.3) is 11.1 Å². The van der Waals surface area contributed by atoms with E-state index >= 15 is 0 Å². The van der Waals surface area contributed by atoms with Crippen LogP contribution in [0.5, 0.6) is 0 Å². The Morgan fingerprint density at radius 1 is 1.06 bits per heavy atom. The van der Waals surface area contributed by atoms with Crippen molar-refractivity contribution in [3.8, 4) is 11.1 Å². The van der Waals surface area contributed by atoms with E-state index in [1.807, 2.05) is 12.1 Å². The highest BCUT2D eigenvalue weighted by molar-refractivity contribution is 6.27. The molecule has 0 heterocycles. The lowest BCUT2D eigenvalue weighted by Crippen LogP contribution is -2.19. The number of halogens is 1. The van der Waals surface area contributed by atoms with Gasteiger partial charge in [-0.05, 0) is 17.2 Å². The SMILES string of the molecule is O=C(O)c1cccc2c1C(O)(Cl)c1ccccc1-2. The molecule has 0 bridgehead atoms. The fraction of sp³-hybridized carbons (Fsp3) is 0.0714. The lowest BCUT2D eigenvalue weighted by Gasteiger charge is -2.18. The van der Waals surface area contributed by atoms with E-state index < -0.39 is 11.0 Å². The number of hydrogen-bond donors (Lipinski definition) is 2. The molecule has 90 valence electrons. The summed E-state index contributed by atoms with van der Waals surface area (Å²) in [5, 5.41) is 17.8. The normalized spacial score (nSPS) is 20.3. The molecule has 0 aromatic heterocycles. The van der Waals surface area contributed by atoms with Crippen molar-refractivity contribution >= 4 is 17.6 Å². The lowest BCUT2D eigenvalue weighted by molar-refractivity contribution is 0.0689. The number of benzene rings is 2. The molecule has 0 aliphatic heterocycles. The first kappa shape index (κ1) is 11.3. The van der Waals surface area contributed by atoms with Crippen molar-refractivity contribution in [3.63, 3.8) is 0 Å². The zero-order chi connectivity index (χ0) is 12.9. The lowest BCUT2D eigenvalue weighted by atomic mass is 10.00. The Morgan fingerprint density at radius 3 is 2.44 bits per heavy atom. The van der Waals surface area contributed by atoms with Gasteiger partial charge in [-0.15, -0.1) is 0 Å². The van der Waals surface area contributed by atoms with Crippen LogP contribution >= 0.6 is 11.6 Å². The van der Waals surface area contributed by atoms with Gasteiger partial charge in [0.25, 0.3) is 0 Å². The summed E-state index contributed by atoms with van der Waals surface area (Å²) in [6.07, 6.45) is 0. The second-order valence-electron chi connectivity index (χ2n) is 4.20. The quantitative estimate of drug-likeness (QED) is 0.775. The average Bonchev–Trinajstić information content (AvgIpc) is 2.60. The van der Waals surface area contributed by atoms with E-state index in [0.29, 0.717) is 11.1 Å². The second kappa shape index (κ2) is 3.57. The Balaban J connectivity index is 2.42. The Labute approximate surface area is 108 Å². The predicted molar refractivity (Wildman–Crippen MR) is 67.7 cm³/mol. The summed E-state index contributed by atoms with van der Waals surface area (Å²) in [5.74, 6) is -1.10. The standard InChI is InChI=1S/C14H9ClO3/c15-14(18)11-7-2-1-4-8(11)9-5-3-6-10(12(9)14)13(16)17/h1-7,18H,(H,16,17). The molecular weight excluding hydrogens is 252 g/mol. The molecule has 2 aromatic rings. The molecule has 0 amide bonds. The third kappa shape index (κ3) is 1.32. The van der Waals surface area contributed by atoms with E-state index in [9.17, 15) is 15.0 Å². The highest BCUT2D eigenvalue weighted by Crippen LogP contribution is 2.50. The van der Waals surface area contributed by atoms with Crippen LogP contribution in [0.15, 0.2) is 42.5 Å². The largest absolute Gasteiger partial charge is 0.478 e. The monoisotopic (exact) mass is 260 g/mol. The molecule has 0 spiro atoms. The van der Waals surface area contributed by atoms with Crippen LogP contribution in [0.3, 0.4) is 0 Å². The van der Waals surface area contributed by atoms with Gasteiger partial charge in [0.05, 0.1) is 5.56 Å². The molecule has 3 rings (SSSR count). The van der Waals surface area contributed by atoms with Crippen molar-refractivity contribution in [3.05, 3.63) is 59.2 Å². The Morgan fingerprint density at radius 2 is 1.72 bits per heavy atom. The molecule has 2 aromatic carbocycles. The van der Waals surface area contributed by atoms with Gasteiger partial charge in [0.15, 0.2) is 5.06 Å². The average molecular weight is 261 g/mol. The van der Waals surface area contributed by atoms with E-state index in [1.54, 1.807) is 24.3 Å². The molecule has 1 atom stereocenters. The number of alkyl halides is 1. The number of rotatable bonds is 1. The predicted octanol–water partition coefficient (Wildman–Crippen LogP) is 2.80. The van der Waals surface area contributed by atoms with Gasteiger partial charge in [-0.1, -0.05) is 48.0 Å². The minimum absolute atomic E-state index is 0.0289. The van der Waals surface area contributed by atoms with Gasteiger partial charge in [-0.2, -0.15) is 0 Å². The fourth-order valence-electron chi connectivity index (χ4n) is 2.45. The summed E-state index contributed by atoms with van der Waals surface area (Å²) in [6, 6.07) is 12.0. The molecule has 0 saturated heterocycles. The van der Waals surface area contributed by atoms with Crippen LogP contribution in [0.1, 0.15) is 21.5 Å². The zero-order valence-electron chi connectivity index (χ0n) is 9.22. The first-order chi connectivity index (χ1) is 8.53. The molecular formula is C14H9ClO3. The summed E-state index contributed by atoms with van der Waals surface area (Å²) in [6.45, 7) is 0. The highest BCUT2D eigenvalue weighted by Gasteiger charge is 2.42. The summed E-state index contributed by atoms with van der Waals surface area (Å²) in [7, 11) is 0. The maximum atomic E-state index is 11.2. The third-order valence-corrected chi connectivity index (χ3v) is 3.59. The van der Waals surface area contributed by atoms with Crippen molar-refractivity contribution in [1.82, 2.24) is 0 Å². The van der Waals surface area contributed by atoms with Crippen molar-refractivity contribution in [2.75, 3.05) is 0 Å². The molecule has 1 aliphatic rings. The van der Waals surface area contributed by atoms with E-state index in [4.69, 9.17) is 11.6 Å². The smallest absolute Gasteiger partial charge is 0.336 e. The van der Waals surface area contributed by atoms with Gasteiger partial charge in [0, 0.05) is 11.1 Å². The molecule has 1 aliphatic carbocycles. The Kier molecular flexibility index (Phi) is 2.24. The van der Waals surface area contributed by atoms with Crippen LogP contribution in [-0.2, 0) is 5.06 Å². The first-order valence-electron chi connectivity index (χ1n) is 5.41. The number of carbonyl (C=O) groups is 1. The molecule has 0 radical (unpaired) electrons. The van der Waals surface area contributed by atoms with Crippen LogP contribution in [0.2, 0.25) is 0 Å². The van der Waals surface area contributed by atoms with E-state index in [0.717, 1.165) is 5.56 Å². The maximum Gasteiger partial charge on any atom is 0.336 e.